The number of hydrogen-bond donors (Lipinski definition) is 0. The van der Waals surface area contributed by atoms with Crippen LogP contribution in [0.25, 0.3) is 16.9 Å². The number of imidazole rings is 1. The largest absolute Gasteiger partial charge is 0.337 e. The molecule has 3 rings (SSSR count). The third-order valence-electron chi connectivity index (χ3n) is 5.97. The summed E-state index contributed by atoms with van der Waals surface area (Å²) < 4.78 is 4.74. The number of hydrogen-bond acceptors (Lipinski definition) is 3. The molecule has 6 nitrogen and oxygen atoms in total. The fourth-order valence-corrected chi connectivity index (χ4v) is 4.57. The molecule has 0 fully saturated rings. The van der Waals surface area contributed by atoms with E-state index in [-0.39, 0.29) is 11.6 Å². The lowest BCUT2D eigenvalue weighted by atomic mass is 10.0. The van der Waals surface area contributed by atoms with E-state index in [9.17, 15) is 9.59 Å². The van der Waals surface area contributed by atoms with Gasteiger partial charge in [0.05, 0.1) is 10.7 Å². The van der Waals surface area contributed by atoms with Crippen molar-refractivity contribution >= 4 is 22.8 Å². The number of halogens is 1. The summed E-state index contributed by atoms with van der Waals surface area (Å²) in [5, 5.41) is 0.472. The average Bonchev–Trinajstić information content (AvgIpc) is 3.12. The van der Waals surface area contributed by atoms with Gasteiger partial charge in [0.15, 0.2) is 11.2 Å². The number of nitrogens with zero attached hydrogens (tertiary/aromatic N) is 4. The Morgan fingerprint density at radius 2 is 1.71 bits per heavy atom. The van der Waals surface area contributed by atoms with E-state index in [4.69, 9.17) is 16.6 Å². The van der Waals surface area contributed by atoms with Gasteiger partial charge in [-0.3, -0.25) is 9.36 Å². The van der Waals surface area contributed by atoms with Crippen molar-refractivity contribution in [2.24, 2.45) is 7.05 Å². The molecule has 0 aliphatic carbocycles. The van der Waals surface area contributed by atoms with E-state index < -0.39 is 5.69 Å². The van der Waals surface area contributed by atoms with Crippen molar-refractivity contribution in [3.05, 3.63) is 55.4 Å². The van der Waals surface area contributed by atoms with Crippen LogP contribution in [0.15, 0.2) is 27.8 Å². The van der Waals surface area contributed by atoms with Crippen molar-refractivity contribution in [2.75, 3.05) is 0 Å². The molecule has 0 N–H and O–H groups in total. The fourth-order valence-electron chi connectivity index (χ4n) is 4.30. The van der Waals surface area contributed by atoms with E-state index >= 15 is 0 Å². The Kier molecular flexibility index (Phi) is 7.10. The second-order valence-electron chi connectivity index (χ2n) is 8.50. The molecule has 7 heteroatoms. The van der Waals surface area contributed by atoms with Crippen LogP contribution in [0.1, 0.15) is 83.6 Å². The lowest BCUT2D eigenvalue weighted by Gasteiger charge is -2.20. The van der Waals surface area contributed by atoms with Crippen LogP contribution in [0.2, 0.25) is 5.02 Å². The molecule has 0 aliphatic rings. The van der Waals surface area contributed by atoms with Crippen LogP contribution in [0.3, 0.4) is 0 Å². The van der Waals surface area contributed by atoms with Gasteiger partial charge in [-0.25, -0.2) is 14.3 Å². The fraction of sp³-hybridized carbons (Fsp3) is 0.542. The lowest BCUT2D eigenvalue weighted by Crippen LogP contribution is -2.38. The molecule has 31 heavy (non-hydrogen) atoms. The average molecular weight is 445 g/mol. The molecule has 0 amide bonds. The van der Waals surface area contributed by atoms with Gasteiger partial charge in [0.1, 0.15) is 5.82 Å². The quantitative estimate of drug-likeness (QED) is 0.469. The number of fused-ring (bicyclic) bond motifs is 1. The molecule has 0 aliphatic heterocycles. The molecule has 0 spiro atoms. The Bertz CT molecular complexity index is 1200. The highest BCUT2D eigenvalue weighted by atomic mass is 35.5. The molecule has 0 saturated heterocycles. The van der Waals surface area contributed by atoms with Crippen LogP contribution < -0.4 is 11.2 Å². The lowest BCUT2D eigenvalue weighted by molar-refractivity contribution is 0.423. The summed E-state index contributed by atoms with van der Waals surface area (Å²) in [6.45, 7) is 10.5. The molecule has 0 atom stereocenters. The molecule has 0 radical (unpaired) electrons. The predicted molar refractivity (Wildman–Crippen MR) is 128 cm³/mol. The normalized spacial score (nSPS) is 11.9. The molecule has 2 heterocycles. The molecular formula is C24H33ClN4O2. The maximum Gasteiger partial charge on any atom is 0.337 e. The third-order valence-corrected chi connectivity index (χ3v) is 6.27. The van der Waals surface area contributed by atoms with Crippen molar-refractivity contribution in [1.29, 1.82) is 0 Å². The van der Waals surface area contributed by atoms with Crippen LogP contribution in [0.4, 0.5) is 0 Å². The summed E-state index contributed by atoms with van der Waals surface area (Å²) in [5.74, 6) is 1.14. The van der Waals surface area contributed by atoms with Gasteiger partial charge in [-0.15, -0.1) is 0 Å². The Balaban J connectivity index is 2.42. The smallest absolute Gasteiger partial charge is 0.319 e. The summed E-state index contributed by atoms with van der Waals surface area (Å²) >= 11 is 6.63. The van der Waals surface area contributed by atoms with Gasteiger partial charge in [-0.1, -0.05) is 65.1 Å². The van der Waals surface area contributed by atoms with Crippen molar-refractivity contribution in [3.8, 4) is 5.69 Å². The van der Waals surface area contributed by atoms with E-state index in [1.807, 2.05) is 25.1 Å². The first-order chi connectivity index (χ1) is 14.8. The molecule has 168 valence electrons. The summed E-state index contributed by atoms with van der Waals surface area (Å²) in [4.78, 5) is 31.3. The van der Waals surface area contributed by atoms with Crippen LogP contribution in [-0.4, -0.2) is 18.7 Å². The SMILES string of the molecule is CCCC(CCC)n1c(CC)nc2c1c(=O)n(C)c(=O)n2-c1ccc(C(C)C)cc1Cl. The van der Waals surface area contributed by atoms with Crippen molar-refractivity contribution in [3.63, 3.8) is 0 Å². The van der Waals surface area contributed by atoms with Crippen LogP contribution in [0.5, 0.6) is 0 Å². The highest BCUT2D eigenvalue weighted by Gasteiger charge is 2.25. The molecule has 0 saturated carbocycles. The maximum absolute atomic E-state index is 13.3. The second kappa shape index (κ2) is 9.43. The van der Waals surface area contributed by atoms with Crippen LogP contribution >= 0.6 is 11.6 Å². The summed E-state index contributed by atoms with van der Waals surface area (Å²) in [6.07, 6.45) is 4.61. The summed E-state index contributed by atoms with van der Waals surface area (Å²) in [5.41, 5.74) is 1.76. The van der Waals surface area contributed by atoms with Gasteiger partial charge >= 0.3 is 5.69 Å². The first kappa shape index (κ1) is 23.3. The first-order valence-electron chi connectivity index (χ1n) is 11.3. The second-order valence-corrected chi connectivity index (χ2v) is 8.91. The molecule has 2 aromatic heterocycles. The molecule has 1 aromatic carbocycles. The van der Waals surface area contributed by atoms with E-state index in [0.717, 1.165) is 37.1 Å². The third kappa shape index (κ3) is 4.10. The standard InChI is InChI=1S/C24H33ClN4O2/c1-7-10-17(11-8-2)28-20(9-3)26-22-21(28)23(30)27(6)24(31)29(22)19-13-12-16(15(4)5)14-18(19)25/h12-15,17H,7-11H2,1-6H3. The molecule has 0 unspecified atom stereocenters. The number of rotatable bonds is 8. The predicted octanol–water partition coefficient (Wildman–Crippen LogP) is 5.37. The molecular weight excluding hydrogens is 412 g/mol. The maximum atomic E-state index is 13.3. The summed E-state index contributed by atoms with van der Waals surface area (Å²) in [7, 11) is 1.52. The topological polar surface area (TPSA) is 61.8 Å². The molecule has 3 aromatic rings. The van der Waals surface area contributed by atoms with E-state index in [2.05, 4.69) is 32.3 Å². The minimum Gasteiger partial charge on any atom is -0.319 e. The zero-order valence-electron chi connectivity index (χ0n) is 19.4. The van der Waals surface area contributed by atoms with E-state index in [0.29, 0.717) is 34.2 Å². The minimum atomic E-state index is -0.438. The van der Waals surface area contributed by atoms with Crippen LogP contribution in [-0.2, 0) is 13.5 Å². The summed E-state index contributed by atoms with van der Waals surface area (Å²) in [6, 6.07) is 5.89. The Morgan fingerprint density at radius 3 is 2.23 bits per heavy atom. The van der Waals surface area contributed by atoms with Gasteiger partial charge in [0.2, 0.25) is 0 Å². The van der Waals surface area contributed by atoms with E-state index in [1.54, 1.807) is 0 Å². The van der Waals surface area contributed by atoms with Crippen molar-refractivity contribution in [2.45, 2.75) is 78.7 Å². The Hall–Kier alpha value is -2.34. The zero-order chi connectivity index (χ0) is 22.9. The number of aromatic nitrogens is 4. The van der Waals surface area contributed by atoms with Crippen molar-refractivity contribution < 1.29 is 0 Å². The van der Waals surface area contributed by atoms with Gasteiger partial charge in [0, 0.05) is 19.5 Å². The first-order valence-corrected chi connectivity index (χ1v) is 11.7. The van der Waals surface area contributed by atoms with E-state index in [1.165, 1.54) is 16.2 Å². The van der Waals surface area contributed by atoms with Gasteiger partial charge in [-0.05, 0) is 36.5 Å². The zero-order valence-corrected chi connectivity index (χ0v) is 20.2. The number of aryl methyl sites for hydroxylation is 1. The monoisotopic (exact) mass is 444 g/mol. The molecule has 0 bridgehead atoms. The Labute approximate surface area is 188 Å². The highest BCUT2D eigenvalue weighted by Crippen LogP contribution is 2.29. The van der Waals surface area contributed by atoms with Gasteiger partial charge in [0.25, 0.3) is 5.56 Å². The minimum absolute atomic E-state index is 0.174. The number of benzene rings is 1. The Morgan fingerprint density at radius 1 is 1.06 bits per heavy atom. The van der Waals surface area contributed by atoms with Crippen molar-refractivity contribution in [1.82, 2.24) is 18.7 Å². The van der Waals surface area contributed by atoms with Gasteiger partial charge < -0.3 is 4.57 Å². The highest BCUT2D eigenvalue weighted by molar-refractivity contribution is 6.32. The van der Waals surface area contributed by atoms with Crippen LogP contribution in [0, 0.1) is 0 Å². The van der Waals surface area contributed by atoms with Gasteiger partial charge in [-0.2, -0.15) is 0 Å².